The third-order valence-electron chi connectivity index (χ3n) is 5.70. The number of benzene rings is 2. The number of amides is 1. The number of ketones is 1. The molecule has 1 aliphatic heterocycles. The van der Waals surface area contributed by atoms with Crippen LogP contribution < -0.4 is 5.32 Å². The summed E-state index contributed by atoms with van der Waals surface area (Å²) >= 11 is 0. The summed E-state index contributed by atoms with van der Waals surface area (Å²) in [6.07, 6.45) is -3.19. The molecule has 166 valence electrons. The van der Waals surface area contributed by atoms with Crippen LogP contribution in [0.15, 0.2) is 54.6 Å². The van der Waals surface area contributed by atoms with E-state index in [1.165, 1.54) is 12.1 Å². The van der Waals surface area contributed by atoms with Crippen molar-refractivity contribution in [3.8, 4) is 0 Å². The molecule has 0 aromatic heterocycles. The Balaban J connectivity index is 1.61. The number of carbonyl (C=O) groups excluding carboxylic acids is 2. The molecule has 0 bridgehead atoms. The van der Waals surface area contributed by atoms with Gasteiger partial charge in [-0.25, -0.2) is 0 Å². The summed E-state index contributed by atoms with van der Waals surface area (Å²) in [5, 5.41) is 3.09. The Morgan fingerprint density at radius 1 is 0.968 bits per heavy atom. The van der Waals surface area contributed by atoms with Crippen molar-refractivity contribution >= 4 is 17.4 Å². The van der Waals surface area contributed by atoms with Crippen molar-refractivity contribution in [2.45, 2.75) is 38.9 Å². The Labute approximate surface area is 180 Å². The van der Waals surface area contributed by atoms with Gasteiger partial charge in [-0.05, 0) is 43.0 Å². The van der Waals surface area contributed by atoms with E-state index in [4.69, 9.17) is 0 Å². The fourth-order valence-electron chi connectivity index (χ4n) is 3.85. The highest BCUT2D eigenvalue weighted by Gasteiger charge is 2.33. The molecule has 1 N–H and O–H groups in total. The van der Waals surface area contributed by atoms with E-state index in [0.29, 0.717) is 37.2 Å². The van der Waals surface area contributed by atoms with Crippen molar-refractivity contribution < 1.29 is 22.8 Å². The lowest BCUT2D eigenvalue weighted by Crippen LogP contribution is -2.49. The van der Waals surface area contributed by atoms with Crippen LogP contribution in [0.3, 0.4) is 0 Å². The summed E-state index contributed by atoms with van der Waals surface area (Å²) in [4.78, 5) is 27.5. The first-order valence-electron chi connectivity index (χ1n) is 10.5. The molecule has 0 radical (unpaired) electrons. The molecule has 2 aromatic carbocycles. The van der Waals surface area contributed by atoms with Gasteiger partial charge in [-0.2, -0.15) is 13.2 Å². The van der Waals surface area contributed by atoms with Gasteiger partial charge < -0.3 is 10.2 Å². The highest BCUT2D eigenvalue weighted by Crippen LogP contribution is 2.30. The number of hydrogen-bond donors (Lipinski definition) is 1. The molecule has 7 heteroatoms. The average Bonchev–Trinajstić information content (AvgIpc) is 2.77. The minimum Gasteiger partial charge on any atom is -0.373 e. The van der Waals surface area contributed by atoms with Gasteiger partial charge in [-0.15, -0.1) is 0 Å². The number of likely N-dealkylation sites (tertiary alicyclic amines) is 1. The van der Waals surface area contributed by atoms with Gasteiger partial charge in [-0.3, -0.25) is 9.59 Å². The van der Waals surface area contributed by atoms with Crippen molar-refractivity contribution in [3.63, 3.8) is 0 Å². The normalized spacial score (nSPS) is 16.3. The minimum absolute atomic E-state index is 0.0570. The van der Waals surface area contributed by atoms with E-state index >= 15 is 0 Å². The van der Waals surface area contributed by atoms with Crippen LogP contribution >= 0.6 is 0 Å². The molecule has 31 heavy (non-hydrogen) atoms. The van der Waals surface area contributed by atoms with Gasteiger partial charge in [0.25, 0.3) is 0 Å². The monoisotopic (exact) mass is 432 g/mol. The molecule has 2 aromatic rings. The molecular weight excluding hydrogens is 405 g/mol. The molecule has 4 nitrogen and oxygen atoms in total. The number of carbonyl (C=O) groups is 2. The molecule has 1 aliphatic rings. The number of piperidine rings is 1. The zero-order valence-electron chi connectivity index (χ0n) is 17.7. The smallest absolute Gasteiger partial charge is 0.373 e. The molecule has 1 heterocycles. The zero-order valence-corrected chi connectivity index (χ0v) is 17.7. The largest absolute Gasteiger partial charge is 0.416 e. The van der Waals surface area contributed by atoms with Crippen LogP contribution in [0.4, 0.5) is 18.9 Å². The van der Waals surface area contributed by atoms with E-state index < -0.39 is 17.8 Å². The Morgan fingerprint density at radius 3 is 2.06 bits per heavy atom. The summed E-state index contributed by atoms with van der Waals surface area (Å²) in [6.45, 7) is 4.76. The van der Waals surface area contributed by atoms with Crippen LogP contribution in [0.2, 0.25) is 0 Å². The maximum atomic E-state index is 13.1. The standard InChI is InChI=1S/C24H27F3N2O2/c1-16(2)21(28-20-10-8-19(9-11-20)24(25,26)27)23(31)29-14-12-18(13-15-29)22(30)17-6-4-3-5-7-17/h3-11,16,18,21,28H,12-15H2,1-2H3/t21-/m1/s1. The second kappa shape index (κ2) is 9.54. The second-order valence-electron chi connectivity index (χ2n) is 8.27. The Morgan fingerprint density at radius 2 is 1.55 bits per heavy atom. The summed E-state index contributed by atoms with van der Waals surface area (Å²) in [5.74, 6) is -0.151. The first-order chi connectivity index (χ1) is 14.7. The number of anilines is 1. The van der Waals surface area contributed by atoms with Gasteiger partial charge in [0, 0.05) is 30.3 Å². The number of alkyl halides is 3. The van der Waals surface area contributed by atoms with Crippen LogP contribution in [0.1, 0.15) is 42.6 Å². The van der Waals surface area contributed by atoms with Crippen molar-refractivity contribution in [2.24, 2.45) is 11.8 Å². The van der Waals surface area contributed by atoms with Crippen molar-refractivity contribution in [3.05, 3.63) is 65.7 Å². The molecule has 1 saturated heterocycles. The summed E-state index contributed by atoms with van der Waals surface area (Å²) < 4.78 is 38.3. The van der Waals surface area contributed by atoms with E-state index in [-0.39, 0.29) is 23.5 Å². The summed E-state index contributed by atoms with van der Waals surface area (Å²) in [6, 6.07) is 13.3. The van der Waals surface area contributed by atoms with Gasteiger partial charge in [0.2, 0.25) is 5.91 Å². The van der Waals surface area contributed by atoms with Crippen LogP contribution in [-0.4, -0.2) is 35.7 Å². The fraction of sp³-hybridized carbons (Fsp3) is 0.417. The van der Waals surface area contributed by atoms with Crippen LogP contribution in [0.25, 0.3) is 0 Å². The number of Topliss-reactive ketones (excluding diaryl/α,β-unsaturated/α-hetero) is 1. The van der Waals surface area contributed by atoms with Crippen LogP contribution in [0, 0.1) is 11.8 Å². The van der Waals surface area contributed by atoms with E-state index in [1.807, 2.05) is 44.2 Å². The lowest BCUT2D eigenvalue weighted by atomic mass is 9.88. The quantitative estimate of drug-likeness (QED) is 0.633. The molecule has 0 spiro atoms. The predicted octanol–water partition coefficient (Wildman–Crippen LogP) is 5.26. The molecule has 0 aliphatic carbocycles. The maximum absolute atomic E-state index is 13.1. The molecular formula is C24H27F3N2O2. The molecule has 0 unspecified atom stereocenters. The number of hydrogen-bond acceptors (Lipinski definition) is 3. The molecule has 1 amide bonds. The van der Waals surface area contributed by atoms with Crippen LogP contribution in [0.5, 0.6) is 0 Å². The van der Waals surface area contributed by atoms with Gasteiger partial charge in [0.15, 0.2) is 5.78 Å². The summed E-state index contributed by atoms with van der Waals surface area (Å²) in [7, 11) is 0. The highest BCUT2D eigenvalue weighted by atomic mass is 19.4. The molecule has 1 atom stereocenters. The lowest BCUT2D eigenvalue weighted by Gasteiger charge is -2.35. The van der Waals surface area contributed by atoms with E-state index in [1.54, 1.807) is 4.90 Å². The highest BCUT2D eigenvalue weighted by molar-refractivity contribution is 5.98. The van der Waals surface area contributed by atoms with Gasteiger partial charge in [0.1, 0.15) is 6.04 Å². The van der Waals surface area contributed by atoms with E-state index in [0.717, 1.165) is 12.1 Å². The first-order valence-corrected chi connectivity index (χ1v) is 10.5. The zero-order chi connectivity index (χ0) is 22.6. The fourth-order valence-corrected chi connectivity index (χ4v) is 3.85. The Kier molecular flexibility index (Phi) is 7.03. The van der Waals surface area contributed by atoms with E-state index in [2.05, 4.69) is 5.32 Å². The number of nitrogens with zero attached hydrogens (tertiary/aromatic N) is 1. The topological polar surface area (TPSA) is 49.4 Å². The van der Waals surface area contributed by atoms with Crippen LogP contribution in [-0.2, 0) is 11.0 Å². The second-order valence-corrected chi connectivity index (χ2v) is 8.27. The molecule has 1 fully saturated rings. The van der Waals surface area contributed by atoms with Crippen molar-refractivity contribution in [2.75, 3.05) is 18.4 Å². The van der Waals surface area contributed by atoms with Gasteiger partial charge in [-0.1, -0.05) is 44.2 Å². The number of halogens is 3. The third kappa shape index (κ3) is 5.66. The third-order valence-corrected chi connectivity index (χ3v) is 5.70. The molecule has 3 rings (SSSR count). The summed E-state index contributed by atoms with van der Waals surface area (Å²) in [5.41, 5.74) is 0.432. The number of nitrogens with one attached hydrogen (secondary N) is 1. The maximum Gasteiger partial charge on any atom is 0.416 e. The Bertz CT molecular complexity index is 887. The van der Waals surface area contributed by atoms with Gasteiger partial charge in [0.05, 0.1) is 5.56 Å². The predicted molar refractivity (Wildman–Crippen MR) is 114 cm³/mol. The molecule has 0 saturated carbocycles. The van der Waals surface area contributed by atoms with Crippen molar-refractivity contribution in [1.82, 2.24) is 4.90 Å². The minimum atomic E-state index is -4.40. The van der Waals surface area contributed by atoms with E-state index in [9.17, 15) is 22.8 Å². The number of rotatable bonds is 6. The lowest BCUT2D eigenvalue weighted by molar-refractivity contribution is -0.137. The van der Waals surface area contributed by atoms with Gasteiger partial charge >= 0.3 is 6.18 Å². The SMILES string of the molecule is CC(C)[C@@H](Nc1ccc(C(F)(F)F)cc1)C(=O)N1CCC(C(=O)c2ccccc2)CC1. The average molecular weight is 432 g/mol. The van der Waals surface area contributed by atoms with Crippen molar-refractivity contribution in [1.29, 1.82) is 0 Å². The first kappa shape index (κ1) is 22.8. The Hall–Kier alpha value is -2.83.